The quantitative estimate of drug-likeness (QED) is 0.123. The number of hydrogen-bond donors (Lipinski definition) is 0. The Hall–Kier alpha value is 0. The van der Waals surface area contributed by atoms with E-state index in [1.807, 2.05) is 0 Å². The van der Waals surface area contributed by atoms with Crippen LogP contribution in [0.25, 0.3) is 0 Å². The summed E-state index contributed by atoms with van der Waals surface area (Å²) >= 11 is 0. The van der Waals surface area contributed by atoms with Gasteiger partial charge in [-0.2, -0.15) is 0 Å². The summed E-state index contributed by atoms with van der Waals surface area (Å²) in [6.45, 7) is 38.2. The molecule has 0 N–H and O–H groups in total. The lowest BCUT2D eigenvalue weighted by Crippen LogP contribution is -2.25. The molecule has 0 aromatic carbocycles. The van der Waals surface area contributed by atoms with Gasteiger partial charge in [0.1, 0.15) is 0 Å². The average molecular weight is 565 g/mol. The van der Waals surface area contributed by atoms with Crippen LogP contribution in [0.1, 0.15) is 201 Å². The molecule has 244 valence electrons. The molecule has 0 aromatic rings. The highest BCUT2D eigenvalue weighted by Gasteiger charge is 2.32. The van der Waals surface area contributed by atoms with Gasteiger partial charge in [-0.1, -0.05) is 149 Å². The van der Waals surface area contributed by atoms with E-state index in [0.29, 0.717) is 10.8 Å². The first-order valence-corrected chi connectivity index (χ1v) is 18.3. The summed E-state index contributed by atoms with van der Waals surface area (Å²) in [6.07, 6.45) is 20.0. The third kappa shape index (κ3) is 24.6. The average Bonchev–Trinajstić information content (AvgIpc) is 2.80. The summed E-state index contributed by atoms with van der Waals surface area (Å²) < 4.78 is 0. The van der Waals surface area contributed by atoms with Crippen LogP contribution in [0.4, 0.5) is 0 Å². The maximum absolute atomic E-state index is 2.41. The summed E-state index contributed by atoms with van der Waals surface area (Å²) in [4.78, 5) is 0. The molecule has 0 aliphatic rings. The van der Waals surface area contributed by atoms with Gasteiger partial charge in [-0.05, 0) is 110 Å². The lowest BCUT2D eigenvalue weighted by Gasteiger charge is -2.38. The molecule has 0 rings (SSSR count). The lowest BCUT2D eigenvalue weighted by molar-refractivity contribution is 0.140. The fourth-order valence-electron chi connectivity index (χ4n) is 6.66. The first-order chi connectivity index (χ1) is 18.3. The molecule has 0 amide bonds. The molecular formula is C40H84. The topological polar surface area (TPSA) is 0 Å². The van der Waals surface area contributed by atoms with E-state index in [9.17, 15) is 0 Å². The Balaban J connectivity index is 0. The largest absolute Gasteiger partial charge is 0.0628 e. The molecule has 0 spiro atoms. The van der Waals surface area contributed by atoms with Gasteiger partial charge >= 0.3 is 0 Å². The molecule has 0 saturated carbocycles. The first-order valence-electron chi connectivity index (χ1n) is 18.3. The molecular weight excluding hydrogens is 480 g/mol. The van der Waals surface area contributed by atoms with Crippen LogP contribution in [-0.4, -0.2) is 0 Å². The standard InChI is InChI=1S/2C20H42/c2*1-16(2)9-12-20(15-19(7)8,13-10-17(3)4)14-11-18(5)6/h2*16-19H,9-15H2,1-8H3. The van der Waals surface area contributed by atoms with E-state index >= 15 is 0 Å². The second-order valence-corrected chi connectivity index (χ2v) is 17.8. The van der Waals surface area contributed by atoms with Crippen LogP contribution < -0.4 is 0 Å². The SMILES string of the molecule is CC(C)CCC(CCC(C)C)(CCC(C)C)CC(C)C.CC(C)CCC(CCC(C)C)(CCC(C)C)CC(C)C. The van der Waals surface area contributed by atoms with Crippen molar-refractivity contribution >= 4 is 0 Å². The summed E-state index contributed by atoms with van der Waals surface area (Å²) in [5.41, 5.74) is 1.24. The predicted octanol–water partition coefficient (Wildman–Crippen LogP) is 14.7. The highest BCUT2D eigenvalue weighted by molar-refractivity contribution is 4.83. The fourth-order valence-corrected chi connectivity index (χ4v) is 6.66. The monoisotopic (exact) mass is 565 g/mol. The molecule has 40 heavy (non-hydrogen) atoms. The van der Waals surface area contributed by atoms with Gasteiger partial charge in [0.25, 0.3) is 0 Å². The van der Waals surface area contributed by atoms with E-state index in [2.05, 4.69) is 111 Å². The molecule has 0 saturated heterocycles. The Morgan fingerprint density at radius 1 is 0.250 bits per heavy atom. The Morgan fingerprint density at radius 3 is 0.500 bits per heavy atom. The van der Waals surface area contributed by atoms with Gasteiger partial charge in [-0.3, -0.25) is 0 Å². The van der Waals surface area contributed by atoms with Crippen LogP contribution in [-0.2, 0) is 0 Å². The zero-order chi connectivity index (χ0) is 31.5. The van der Waals surface area contributed by atoms with E-state index in [-0.39, 0.29) is 0 Å². The molecule has 0 aliphatic heterocycles. The van der Waals surface area contributed by atoms with Gasteiger partial charge in [0.05, 0.1) is 0 Å². The normalized spacial score (nSPS) is 13.2. The molecule has 0 unspecified atom stereocenters. The minimum absolute atomic E-state index is 0.618. The van der Waals surface area contributed by atoms with E-state index < -0.39 is 0 Å². The third-order valence-corrected chi connectivity index (χ3v) is 9.19. The maximum Gasteiger partial charge on any atom is -0.0295 e. The maximum atomic E-state index is 2.41. The van der Waals surface area contributed by atoms with Crippen LogP contribution in [0.2, 0.25) is 0 Å². The predicted molar refractivity (Wildman–Crippen MR) is 188 cm³/mol. The minimum Gasteiger partial charge on any atom is -0.0628 e. The van der Waals surface area contributed by atoms with E-state index in [4.69, 9.17) is 0 Å². The van der Waals surface area contributed by atoms with E-state index in [1.165, 1.54) is 89.9 Å². The van der Waals surface area contributed by atoms with E-state index in [0.717, 1.165) is 47.3 Å². The smallest absolute Gasteiger partial charge is 0.0295 e. The van der Waals surface area contributed by atoms with Crippen LogP contribution >= 0.6 is 0 Å². The van der Waals surface area contributed by atoms with Gasteiger partial charge in [0, 0.05) is 0 Å². The van der Waals surface area contributed by atoms with Crippen LogP contribution in [0.5, 0.6) is 0 Å². The first kappa shape index (κ1) is 42.1. The summed E-state index contributed by atoms with van der Waals surface area (Å²) in [5, 5.41) is 0. The molecule has 0 heteroatoms. The summed E-state index contributed by atoms with van der Waals surface area (Å²) in [5.74, 6) is 6.75. The zero-order valence-corrected chi connectivity index (χ0v) is 31.5. The molecule has 0 bridgehead atoms. The second-order valence-electron chi connectivity index (χ2n) is 17.8. The van der Waals surface area contributed by atoms with Gasteiger partial charge in [0.15, 0.2) is 0 Å². The number of hydrogen-bond acceptors (Lipinski definition) is 0. The summed E-state index contributed by atoms with van der Waals surface area (Å²) in [6, 6.07) is 0. The second kappa shape index (κ2) is 22.5. The van der Waals surface area contributed by atoms with Crippen molar-refractivity contribution in [3.63, 3.8) is 0 Å². The van der Waals surface area contributed by atoms with Crippen LogP contribution in [0.15, 0.2) is 0 Å². The Morgan fingerprint density at radius 2 is 0.400 bits per heavy atom. The molecule has 0 radical (unpaired) electrons. The molecule has 0 aromatic heterocycles. The minimum atomic E-state index is 0.618. The Labute approximate surface area is 258 Å². The molecule has 0 nitrogen and oxygen atoms in total. The van der Waals surface area contributed by atoms with Crippen molar-refractivity contribution in [2.45, 2.75) is 201 Å². The molecule has 0 heterocycles. The van der Waals surface area contributed by atoms with E-state index in [1.54, 1.807) is 0 Å². The van der Waals surface area contributed by atoms with Crippen molar-refractivity contribution in [3.05, 3.63) is 0 Å². The highest BCUT2D eigenvalue weighted by Crippen LogP contribution is 2.44. The lowest BCUT2D eigenvalue weighted by atomic mass is 9.68. The molecule has 0 fully saturated rings. The van der Waals surface area contributed by atoms with Gasteiger partial charge in [-0.15, -0.1) is 0 Å². The fraction of sp³-hybridized carbons (Fsp3) is 1.00. The number of rotatable bonds is 22. The highest BCUT2D eigenvalue weighted by atomic mass is 14.4. The Kier molecular flexibility index (Phi) is 23.7. The molecule has 0 atom stereocenters. The van der Waals surface area contributed by atoms with Crippen LogP contribution in [0.3, 0.4) is 0 Å². The third-order valence-electron chi connectivity index (χ3n) is 9.19. The Bertz CT molecular complexity index is 432. The van der Waals surface area contributed by atoms with Gasteiger partial charge in [0.2, 0.25) is 0 Å². The van der Waals surface area contributed by atoms with Crippen LogP contribution in [0, 0.1) is 58.2 Å². The van der Waals surface area contributed by atoms with Gasteiger partial charge < -0.3 is 0 Å². The van der Waals surface area contributed by atoms with Crippen molar-refractivity contribution in [1.82, 2.24) is 0 Å². The van der Waals surface area contributed by atoms with Gasteiger partial charge in [-0.25, -0.2) is 0 Å². The van der Waals surface area contributed by atoms with Crippen molar-refractivity contribution in [3.8, 4) is 0 Å². The van der Waals surface area contributed by atoms with Crippen molar-refractivity contribution < 1.29 is 0 Å². The zero-order valence-electron chi connectivity index (χ0n) is 31.5. The van der Waals surface area contributed by atoms with Crippen molar-refractivity contribution in [2.24, 2.45) is 58.2 Å². The van der Waals surface area contributed by atoms with Crippen molar-refractivity contribution in [1.29, 1.82) is 0 Å². The van der Waals surface area contributed by atoms with Crippen molar-refractivity contribution in [2.75, 3.05) is 0 Å². The summed E-state index contributed by atoms with van der Waals surface area (Å²) in [7, 11) is 0. The molecule has 0 aliphatic carbocycles.